The van der Waals surface area contributed by atoms with Gasteiger partial charge in [0.25, 0.3) is 0 Å². The number of nitrogens with one attached hydrogen (secondary N) is 2. The van der Waals surface area contributed by atoms with E-state index >= 15 is 0 Å². The van der Waals surface area contributed by atoms with Crippen molar-refractivity contribution in [2.24, 2.45) is 5.73 Å². The Hall–Kier alpha value is -2.38. The Bertz CT molecular complexity index is 924. The summed E-state index contributed by atoms with van der Waals surface area (Å²) >= 11 is 5.96. The Morgan fingerprint density at radius 1 is 1.12 bits per heavy atom. The van der Waals surface area contributed by atoms with Crippen LogP contribution in [0.15, 0.2) is 35.4 Å². The second kappa shape index (κ2) is 5.61. The van der Waals surface area contributed by atoms with Gasteiger partial charge in [-0.15, -0.1) is 0 Å². The Kier molecular flexibility index (Phi) is 3.54. The number of hydrogen-bond acceptors (Lipinski definition) is 5. The fraction of sp³-hybridized carbons (Fsp3) is 0.312. The fourth-order valence-electron chi connectivity index (χ4n) is 3.27. The maximum absolute atomic E-state index is 11.5. The first-order chi connectivity index (χ1) is 11.5. The molecule has 0 aliphatic carbocycles. The first kappa shape index (κ1) is 15.2. The van der Waals surface area contributed by atoms with Crippen LogP contribution in [0, 0.1) is 0 Å². The largest absolute Gasteiger partial charge is 0.355 e. The summed E-state index contributed by atoms with van der Waals surface area (Å²) < 4.78 is 0. The fourth-order valence-corrected chi connectivity index (χ4v) is 3.39. The molecule has 1 fully saturated rings. The van der Waals surface area contributed by atoms with Crippen molar-refractivity contribution in [2.45, 2.75) is 18.4 Å². The lowest BCUT2D eigenvalue weighted by atomic mass is 9.82. The number of aromatic amines is 2. The van der Waals surface area contributed by atoms with Gasteiger partial charge in [0.15, 0.2) is 11.5 Å². The molecule has 1 saturated heterocycles. The average Bonchev–Trinajstić information content (AvgIpc) is 2.96. The van der Waals surface area contributed by atoms with Gasteiger partial charge in [-0.25, -0.2) is 14.8 Å². The minimum absolute atomic E-state index is 0.280. The van der Waals surface area contributed by atoms with Crippen LogP contribution in [-0.4, -0.2) is 33.0 Å². The standard InChI is InChI=1S/C16H17ClN6O/c17-11-3-1-10(2-4-11)16(18)5-7-23(8-6-16)14-12-13(19-9-20-14)22-15(24)21-12/h1-4,9H,5-8,18H2,(H2,19,20,21,22,24). The van der Waals surface area contributed by atoms with E-state index in [1.165, 1.54) is 6.33 Å². The van der Waals surface area contributed by atoms with E-state index in [1.807, 2.05) is 24.3 Å². The number of hydrogen-bond donors (Lipinski definition) is 3. The third-order valence-electron chi connectivity index (χ3n) is 4.67. The van der Waals surface area contributed by atoms with Gasteiger partial charge in [-0.1, -0.05) is 23.7 Å². The number of aromatic nitrogens is 4. The molecule has 0 radical (unpaired) electrons. The van der Waals surface area contributed by atoms with Gasteiger partial charge in [0.2, 0.25) is 0 Å². The van der Waals surface area contributed by atoms with Gasteiger partial charge in [-0.05, 0) is 30.5 Å². The molecular formula is C16H17ClN6O. The molecule has 0 atom stereocenters. The Labute approximate surface area is 142 Å². The first-order valence-electron chi connectivity index (χ1n) is 7.78. The molecule has 3 heterocycles. The van der Waals surface area contributed by atoms with Crippen molar-refractivity contribution >= 4 is 28.6 Å². The third-order valence-corrected chi connectivity index (χ3v) is 4.92. The zero-order chi connectivity index (χ0) is 16.7. The minimum Gasteiger partial charge on any atom is -0.355 e. The molecular weight excluding hydrogens is 328 g/mol. The third kappa shape index (κ3) is 2.55. The quantitative estimate of drug-likeness (QED) is 0.657. The smallest absolute Gasteiger partial charge is 0.325 e. The van der Waals surface area contributed by atoms with Crippen molar-refractivity contribution in [3.05, 3.63) is 51.7 Å². The number of anilines is 1. The maximum Gasteiger partial charge on any atom is 0.325 e. The molecule has 4 N–H and O–H groups in total. The lowest BCUT2D eigenvalue weighted by Crippen LogP contribution is -2.48. The van der Waals surface area contributed by atoms with Gasteiger partial charge in [0.05, 0.1) is 0 Å². The van der Waals surface area contributed by atoms with E-state index in [9.17, 15) is 4.79 Å². The molecule has 24 heavy (non-hydrogen) atoms. The van der Waals surface area contributed by atoms with Crippen LogP contribution in [0.4, 0.5) is 5.82 Å². The van der Waals surface area contributed by atoms with Gasteiger partial charge in [0, 0.05) is 23.7 Å². The van der Waals surface area contributed by atoms with Crippen LogP contribution in [-0.2, 0) is 5.54 Å². The van der Waals surface area contributed by atoms with Crippen LogP contribution in [0.5, 0.6) is 0 Å². The summed E-state index contributed by atoms with van der Waals surface area (Å²) in [6, 6.07) is 7.72. The predicted molar refractivity (Wildman–Crippen MR) is 93.3 cm³/mol. The van der Waals surface area contributed by atoms with Crippen LogP contribution in [0.3, 0.4) is 0 Å². The van der Waals surface area contributed by atoms with Gasteiger partial charge in [-0.2, -0.15) is 0 Å². The van der Waals surface area contributed by atoms with E-state index in [2.05, 4.69) is 24.8 Å². The van der Waals surface area contributed by atoms with Crippen LogP contribution in [0.2, 0.25) is 5.02 Å². The number of nitrogens with two attached hydrogens (primary N) is 1. The maximum atomic E-state index is 11.5. The van der Waals surface area contributed by atoms with Gasteiger partial charge in [-0.3, -0.25) is 4.98 Å². The molecule has 7 nitrogen and oxygen atoms in total. The molecule has 3 aromatic rings. The second-order valence-electron chi connectivity index (χ2n) is 6.15. The lowest BCUT2D eigenvalue weighted by Gasteiger charge is -2.40. The first-order valence-corrected chi connectivity index (χ1v) is 8.16. The normalized spacial score (nSPS) is 17.3. The van der Waals surface area contributed by atoms with Crippen molar-refractivity contribution in [1.82, 2.24) is 19.9 Å². The SMILES string of the molecule is NC1(c2ccc(Cl)cc2)CCN(c2ncnc3[nH]c(=O)[nH]c23)CC1. The zero-order valence-corrected chi connectivity index (χ0v) is 13.7. The molecule has 1 aromatic carbocycles. The highest BCUT2D eigenvalue weighted by atomic mass is 35.5. The highest BCUT2D eigenvalue weighted by molar-refractivity contribution is 6.30. The average molecular weight is 345 g/mol. The van der Waals surface area contributed by atoms with E-state index in [0.29, 0.717) is 16.2 Å². The molecule has 1 aliphatic heterocycles. The monoisotopic (exact) mass is 344 g/mol. The Balaban J connectivity index is 1.59. The van der Waals surface area contributed by atoms with Gasteiger partial charge in [0.1, 0.15) is 11.8 Å². The number of H-pyrrole nitrogens is 2. The molecule has 0 unspecified atom stereocenters. The molecule has 124 valence electrons. The van der Waals surface area contributed by atoms with E-state index in [0.717, 1.165) is 37.3 Å². The van der Waals surface area contributed by atoms with Crippen LogP contribution >= 0.6 is 11.6 Å². The topological polar surface area (TPSA) is 104 Å². The molecule has 0 bridgehead atoms. The minimum atomic E-state index is -0.376. The molecule has 4 rings (SSSR count). The van der Waals surface area contributed by atoms with Crippen molar-refractivity contribution in [2.75, 3.05) is 18.0 Å². The summed E-state index contributed by atoms with van der Waals surface area (Å²) in [4.78, 5) is 27.5. The summed E-state index contributed by atoms with van der Waals surface area (Å²) in [6.45, 7) is 1.50. The summed E-state index contributed by atoms with van der Waals surface area (Å²) in [5.74, 6) is 0.733. The number of nitrogens with zero attached hydrogens (tertiary/aromatic N) is 3. The molecule has 2 aromatic heterocycles. The number of fused-ring (bicyclic) bond motifs is 1. The predicted octanol–water partition coefficient (Wildman–Crippen LogP) is 1.75. The molecule has 0 amide bonds. The van der Waals surface area contributed by atoms with E-state index in [-0.39, 0.29) is 11.2 Å². The van der Waals surface area contributed by atoms with Gasteiger partial charge < -0.3 is 15.6 Å². The van der Waals surface area contributed by atoms with E-state index < -0.39 is 0 Å². The molecule has 8 heteroatoms. The van der Waals surface area contributed by atoms with Crippen LogP contribution in [0.1, 0.15) is 18.4 Å². The molecule has 0 spiro atoms. The number of piperidine rings is 1. The summed E-state index contributed by atoms with van der Waals surface area (Å²) in [5.41, 5.74) is 8.22. The van der Waals surface area contributed by atoms with Gasteiger partial charge >= 0.3 is 5.69 Å². The zero-order valence-electron chi connectivity index (χ0n) is 12.9. The Morgan fingerprint density at radius 3 is 2.54 bits per heavy atom. The van der Waals surface area contributed by atoms with E-state index in [4.69, 9.17) is 17.3 Å². The van der Waals surface area contributed by atoms with Crippen molar-refractivity contribution in [3.8, 4) is 0 Å². The summed E-state index contributed by atoms with van der Waals surface area (Å²) in [5, 5.41) is 0.708. The summed E-state index contributed by atoms with van der Waals surface area (Å²) in [6.07, 6.45) is 3.04. The summed E-state index contributed by atoms with van der Waals surface area (Å²) in [7, 11) is 0. The van der Waals surface area contributed by atoms with Crippen molar-refractivity contribution in [3.63, 3.8) is 0 Å². The highest BCUT2D eigenvalue weighted by Gasteiger charge is 2.33. The second-order valence-corrected chi connectivity index (χ2v) is 6.59. The number of imidazole rings is 1. The molecule has 1 aliphatic rings. The number of benzene rings is 1. The van der Waals surface area contributed by atoms with Crippen LogP contribution in [0.25, 0.3) is 11.2 Å². The Morgan fingerprint density at radius 2 is 1.83 bits per heavy atom. The van der Waals surface area contributed by atoms with Crippen LogP contribution < -0.4 is 16.3 Å². The molecule has 0 saturated carbocycles. The van der Waals surface area contributed by atoms with E-state index in [1.54, 1.807) is 0 Å². The number of rotatable bonds is 2. The number of halogens is 1. The highest BCUT2D eigenvalue weighted by Crippen LogP contribution is 2.33. The lowest BCUT2D eigenvalue weighted by molar-refractivity contribution is 0.342. The van der Waals surface area contributed by atoms with Crippen molar-refractivity contribution < 1.29 is 0 Å². The van der Waals surface area contributed by atoms with Crippen molar-refractivity contribution in [1.29, 1.82) is 0 Å².